The first kappa shape index (κ1) is 15.1. The maximum Gasteiger partial charge on any atom is 0.0662 e. The van der Waals surface area contributed by atoms with Crippen LogP contribution in [0, 0.1) is 13.8 Å². The summed E-state index contributed by atoms with van der Waals surface area (Å²) in [6.45, 7) is 6.40. The number of hydrogen-bond acceptors (Lipinski definition) is 2. The second-order valence-electron chi connectivity index (χ2n) is 3.91. The fraction of sp³-hybridized carbons (Fsp3) is 0.571. The lowest BCUT2D eigenvalue weighted by Crippen LogP contribution is -1.91. The zero-order chi connectivity index (χ0) is 12.4. The van der Waals surface area contributed by atoms with Gasteiger partial charge in [-0.2, -0.15) is 0 Å². The van der Waals surface area contributed by atoms with E-state index in [4.69, 9.17) is 10.2 Å². The van der Waals surface area contributed by atoms with Crippen LogP contribution in [0.3, 0.4) is 0 Å². The molecule has 0 aromatic heterocycles. The Kier molecular flexibility index (Phi) is 8.87. The van der Waals surface area contributed by atoms with E-state index in [1.807, 2.05) is 0 Å². The second kappa shape index (κ2) is 9.37. The fourth-order valence-corrected chi connectivity index (χ4v) is 1.45. The number of aliphatic hydroxyl groups is 2. The Morgan fingerprint density at radius 3 is 2.19 bits per heavy atom. The quantitative estimate of drug-likeness (QED) is 0.825. The molecular formula is C14H24O2. The third-order valence-electron chi connectivity index (χ3n) is 2.62. The normalized spacial score (nSPS) is 9.56. The van der Waals surface area contributed by atoms with Gasteiger partial charge in [0.05, 0.1) is 13.2 Å². The summed E-state index contributed by atoms with van der Waals surface area (Å²) in [7, 11) is 0. The fourth-order valence-electron chi connectivity index (χ4n) is 1.45. The average Bonchev–Trinajstić information content (AvgIpc) is 2.31. The topological polar surface area (TPSA) is 40.5 Å². The molecule has 0 bridgehead atoms. The van der Waals surface area contributed by atoms with Gasteiger partial charge in [-0.15, -0.1) is 0 Å². The van der Waals surface area contributed by atoms with Crippen molar-refractivity contribution in [2.24, 2.45) is 0 Å². The van der Waals surface area contributed by atoms with E-state index in [-0.39, 0.29) is 13.2 Å². The lowest BCUT2D eigenvalue weighted by molar-refractivity contribution is 0.186. The zero-order valence-electron chi connectivity index (χ0n) is 10.7. The van der Waals surface area contributed by atoms with E-state index in [2.05, 4.69) is 39.0 Å². The Balaban J connectivity index is 0.000000487. The van der Waals surface area contributed by atoms with E-state index in [1.165, 1.54) is 36.0 Å². The molecule has 2 nitrogen and oxygen atoms in total. The van der Waals surface area contributed by atoms with Gasteiger partial charge in [-0.1, -0.05) is 31.5 Å². The Bertz CT molecular complexity index is 280. The van der Waals surface area contributed by atoms with Crippen LogP contribution in [0.5, 0.6) is 0 Å². The van der Waals surface area contributed by atoms with Gasteiger partial charge in [0.2, 0.25) is 0 Å². The minimum Gasteiger partial charge on any atom is -0.394 e. The zero-order valence-corrected chi connectivity index (χ0v) is 10.7. The van der Waals surface area contributed by atoms with E-state index in [9.17, 15) is 0 Å². The van der Waals surface area contributed by atoms with Gasteiger partial charge in [0.1, 0.15) is 0 Å². The summed E-state index contributed by atoms with van der Waals surface area (Å²) in [5.74, 6) is 0. The number of benzene rings is 1. The third kappa shape index (κ3) is 5.89. The maximum absolute atomic E-state index is 7.62. The molecule has 1 aromatic carbocycles. The van der Waals surface area contributed by atoms with Gasteiger partial charge in [0.15, 0.2) is 0 Å². The van der Waals surface area contributed by atoms with Crippen molar-refractivity contribution in [3.05, 3.63) is 34.9 Å². The molecule has 0 aliphatic carbocycles. The van der Waals surface area contributed by atoms with Gasteiger partial charge >= 0.3 is 0 Å². The van der Waals surface area contributed by atoms with Crippen LogP contribution in [0.4, 0.5) is 0 Å². The average molecular weight is 224 g/mol. The molecular weight excluding hydrogens is 200 g/mol. The van der Waals surface area contributed by atoms with E-state index < -0.39 is 0 Å². The molecule has 0 aliphatic rings. The highest BCUT2D eigenvalue weighted by atomic mass is 16.3. The monoisotopic (exact) mass is 224 g/mol. The van der Waals surface area contributed by atoms with E-state index in [1.54, 1.807) is 0 Å². The molecule has 0 atom stereocenters. The smallest absolute Gasteiger partial charge is 0.0662 e. The first-order valence-electron chi connectivity index (χ1n) is 5.94. The predicted octanol–water partition coefficient (Wildman–Crippen LogP) is 2.62. The summed E-state index contributed by atoms with van der Waals surface area (Å²) in [4.78, 5) is 0. The van der Waals surface area contributed by atoms with Crippen LogP contribution < -0.4 is 0 Å². The predicted molar refractivity (Wildman–Crippen MR) is 68.7 cm³/mol. The summed E-state index contributed by atoms with van der Waals surface area (Å²) >= 11 is 0. The molecule has 0 saturated carbocycles. The summed E-state index contributed by atoms with van der Waals surface area (Å²) in [6, 6.07) is 6.59. The van der Waals surface area contributed by atoms with Crippen LogP contribution in [0.15, 0.2) is 18.2 Å². The van der Waals surface area contributed by atoms with Crippen molar-refractivity contribution < 1.29 is 10.2 Å². The highest BCUT2D eigenvalue weighted by molar-refractivity contribution is 5.33. The van der Waals surface area contributed by atoms with Crippen LogP contribution in [0.2, 0.25) is 0 Å². The summed E-state index contributed by atoms with van der Waals surface area (Å²) in [5, 5.41) is 15.2. The van der Waals surface area contributed by atoms with Gasteiger partial charge < -0.3 is 10.2 Å². The molecule has 2 heteroatoms. The lowest BCUT2D eigenvalue weighted by atomic mass is 9.99. The minimum atomic E-state index is -0.125. The van der Waals surface area contributed by atoms with Crippen molar-refractivity contribution in [2.75, 3.05) is 13.2 Å². The molecule has 0 amide bonds. The molecule has 0 spiro atoms. The second-order valence-corrected chi connectivity index (χ2v) is 3.91. The van der Waals surface area contributed by atoms with E-state index in [0.29, 0.717) is 0 Å². The van der Waals surface area contributed by atoms with Crippen molar-refractivity contribution in [1.82, 2.24) is 0 Å². The number of aliphatic hydroxyl groups excluding tert-OH is 2. The Morgan fingerprint density at radius 2 is 1.69 bits per heavy atom. The van der Waals surface area contributed by atoms with Crippen molar-refractivity contribution in [3.8, 4) is 0 Å². The number of hydrogen-bond donors (Lipinski definition) is 2. The van der Waals surface area contributed by atoms with E-state index >= 15 is 0 Å². The van der Waals surface area contributed by atoms with Crippen molar-refractivity contribution >= 4 is 0 Å². The molecule has 0 heterocycles. The number of aryl methyl sites for hydroxylation is 2. The molecule has 1 rings (SSSR count). The minimum absolute atomic E-state index is 0.125. The maximum atomic E-state index is 7.62. The first-order valence-corrected chi connectivity index (χ1v) is 5.94. The van der Waals surface area contributed by atoms with Crippen LogP contribution in [-0.4, -0.2) is 23.4 Å². The van der Waals surface area contributed by atoms with Crippen LogP contribution in [0.1, 0.15) is 36.5 Å². The van der Waals surface area contributed by atoms with Gasteiger partial charge in [0.25, 0.3) is 0 Å². The number of rotatable bonds is 4. The van der Waals surface area contributed by atoms with Crippen molar-refractivity contribution in [2.45, 2.75) is 40.0 Å². The molecule has 0 fully saturated rings. The molecule has 0 radical (unpaired) electrons. The van der Waals surface area contributed by atoms with Crippen LogP contribution in [0.25, 0.3) is 0 Å². The lowest BCUT2D eigenvalue weighted by Gasteiger charge is -2.06. The SMILES string of the molecule is CCCCc1cccc(C)c1C.OCCO. The molecule has 0 unspecified atom stereocenters. The molecule has 92 valence electrons. The van der Waals surface area contributed by atoms with Crippen molar-refractivity contribution in [3.63, 3.8) is 0 Å². The standard InChI is InChI=1S/C12H18.C2H6O2/c1-4-5-8-12-9-6-7-10(2)11(12)3;3-1-2-4/h6-7,9H,4-5,8H2,1-3H3;3-4H,1-2H2. The summed E-state index contributed by atoms with van der Waals surface area (Å²) in [6.07, 6.45) is 3.84. The summed E-state index contributed by atoms with van der Waals surface area (Å²) in [5.41, 5.74) is 4.42. The van der Waals surface area contributed by atoms with Crippen LogP contribution in [-0.2, 0) is 6.42 Å². The Hall–Kier alpha value is -0.860. The summed E-state index contributed by atoms with van der Waals surface area (Å²) < 4.78 is 0. The van der Waals surface area contributed by atoms with E-state index in [0.717, 1.165) is 0 Å². The molecule has 2 N–H and O–H groups in total. The van der Waals surface area contributed by atoms with Gasteiger partial charge in [-0.3, -0.25) is 0 Å². The highest BCUT2D eigenvalue weighted by Crippen LogP contribution is 2.14. The van der Waals surface area contributed by atoms with Crippen LogP contribution >= 0.6 is 0 Å². The van der Waals surface area contributed by atoms with Crippen molar-refractivity contribution in [1.29, 1.82) is 0 Å². The number of unbranched alkanes of at least 4 members (excludes halogenated alkanes) is 1. The van der Waals surface area contributed by atoms with Gasteiger partial charge in [-0.05, 0) is 43.4 Å². The molecule has 0 saturated heterocycles. The molecule has 1 aromatic rings. The first-order chi connectivity index (χ1) is 7.67. The van der Waals surface area contributed by atoms with Gasteiger partial charge in [0, 0.05) is 0 Å². The Morgan fingerprint density at radius 1 is 1.06 bits per heavy atom. The third-order valence-corrected chi connectivity index (χ3v) is 2.62. The highest BCUT2D eigenvalue weighted by Gasteiger charge is 1.98. The molecule has 0 aliphatic heterocycles. The van der Waals surface area contributed by atoms with Gasteiger partial charge in [-0.25, -0.2) is 0 Å². The Labute approximate surface area is 98.9 Å². The molecule has 16 heavy (non-hydrogen) atoms. The largest absolute Gasteiger partial charge is 0.394 e.